The topological polar surface area (TPSA) is 72.5 Å². The zero-order valence-corrected chi connectivity index (χ0v) is 16.3. The lowest BCUT2D eigenvalue weighted by Gasteiger charge is -2.02. The predicted molar refractivity (Wildman–Crippen MR) is 98.4 cm³/mol. The van der Waals surface area contributed by atoms with E-state index in [9.17, 15) is 4.79 Å². The summed E-state index contributed by atoms with van der Waals surface area (Å²) in [7, 11) is 1.50. The lowest BCUT2D eigenvalue weighted by molar-refractivity contribution is -0.139. The van der Waals surface area contributed by atoms with Gasteiger partial charge in [0.15, 0.2) is 5.09 Å². The van der Waals surface area contributed by atoms with Gasteiger partial charge in [0.25, 0.3) is 0 Å². The highest BCUT2D eigenvalue weighted by atomic mass is 79.9. The van der Waals surface area contributed by atoms with Crippen molar-refractivity contribution >= 4 is 51.3 Å². The summed E-state index contributed by atoms with van der Waals surface area (Å²) in [4.78, 5) is 12.8. The summed E-state index contributed by atoms with van der Waals surface area (Å²) < 4.78 is 16.1. The average Bonchev–Trinajstić information content (AvgIpc) is 2.94. The van der Waals surface area contributed by atoms with Gasteiger partial charge in [0.2, 0.25) is 0 Å². The van der Waals surface area contributed by atoms with Gasteiger partial charge < -0.3 is 13.9 Å². The van der Waals surface area contributed by atoms with Gasteiger partial charge in [0, 0.05) is 23.1 Å². The standard InChI is InChI=1S/C17H13BrClNO4S/c1-22-6-7-23-16(21)11(10-20)8-13-9-15(18)17(24-13)25-14-4-2-12(19)3-5-14/h2-5,8-9H,6-7H2,1H3/b11-8+. The van der Waals surface area contributed by atoms with E-state index in [0.717, 1.165) is 4.90 Å². The molecule has 2 rings (SSSR count). The maximum Gasteiger partial charge on any atom is 0.349 e. The molecule has 1 aromatic heterocycles. The Labute approximate surface area is 162 Å². The third kappa shape index (κ3) is 5.94. The van der Waals surface area contributed by atoms with Crippen LogP contribution in [-0.2, 0) is 14.3 Å². The van der Waals surface area contributed by atoms with Crippen LogP contribution in [0.1, 0.15) is 5.76 Å². The third-order valence-corrected chi connectivity index (χ3v) is 4.95. The first-order chi connectivity index (χ1) is 12.0. The van der Waals surface area contributed by atoms with Crippen molar-refractivity contribution in [3.8, 4) is 6.07 Å². The quantitative estimate of drug-likeness (QED) is 0.262. The van der Waals surface area contributed by atoms with Crippen molar-refractivity contribution in [3.63, 3.8) is 0 Å². The summed E-state index contributed by atoms with van der Waals surface area (Å²) in [5.74, 6) is -0.359. The van der Waals surface area contributed by atoms with Crippen molar-refractivity contribution in [2.75, 3.05) is 20.3 Å². The lowest BCUT2D eigenvalue weighted by atomic mass is 10.2. The summed E-state index contributed by atoms with van der Waals surface area (Å²) in [5, 5.41) is 10.4. The molecule has 0 aliphatic heterocycles. The molecule has 2 aromatic rings. The van der Waals surface area contributed by atoms with Gasteiger partial charge in [0.05, 0.1) is 11.1 Å². The maximum atomic E-state index is 11.8. The molecule has 5 nitrogen and oxygen atoms in total. The minimum Gasteiger partial charge on any atom is -0.459 e. The summed E-state index contributed by atoms with van der Waals surface area (Å²) in [5.41, 5.74) is -0.152. The number of hydrogen-bond donors (Lipinski definition) is 0. The van der Waals surface area contributed by atoms with E-state index < -0.39 is 5.97 Å². The van der Waals surface area contributed by atoms with Gasteiger partial charge in [-0.2, -0.15) is 5.26 Å². The summed E-state index contributed by atoms with van der Waals surface area (Å²) in [6.07, 6.45) is 1.34. The number of methoxy groups -OCH3 is 1. The zero-order valence-electron chi connectivity index (χ0n) is 13.1. The number of rotatable bonds is 7. The molecule has 0 spiro atoms. The number of hydrogen-bond acceptors (Lipinski definition) is 6. The fourth-order valence-corrected chi connectivity index (χ4v) is 3.15. The number of halogens is 2. The number of carbonyl (C=O) groups is 1. The Balaban J connectivity index is 2.13. The molecule has 8 heteroatoms. The number of esters is 1. The Morgan fingerprint density at radius 2 is 2.12 bits per heavy atom. The number of carbonyl (C=O) groups excluding carboxylic acids is 1. The van der Waals surface area contributed by atoms with Crippen molar-refractivity contribution in [1.29, 1.82) is 5.26 Å². The van der Waals surface area contributed by atoms with Crippen molar-refractivity contribution in [1.82, 2.24) is 0 Å². The number of ether oxygens (including phenoxy) is 2. The Kier molecular flexibility index (Phi) is 7.59. The number of nitriles is 1. The van der Waals surface area contributed by atoms with Crippen LogP contribution in [0, 0.1) is 11.3 Å². The molecule has 0 saturated carbocycles. The van der Waals surface area contributed by atoms with Crippen LogP contribution in [0.3, 0.4) is 0 Å². The molecule has 1 heterocycles. The molecule has 0 radical (unpaired) electrons. The van der Waals surface area contributed by atoms with E-state index in [1.54, 1.807) is 18.2 Å². The highest BCUT2D eigenvalue weighted by Gasteiger charge is 2.14. The molecule has 0 bridgehead atoms. The number of benzene rings is 1. The van der Waals surface area contributed by atoms with Gasteiger partial charge in [-0.05, 0) is 46.3 Å². The molecule has 0 saturated heterocycles. The van der Waals surface area contributed by atoms with Crippen molar-refractivity contribution in [2.45, 2.75) is 9.99 Å². The molecular formula is C17H13BrClNO4S. The van der Waals surface area contributed by atoms with Crippen LogP contribution in [0.4, 0.5) is 0 Å². The largest absolute Gasteiger partial charge is 0.459 e. The van der Waals surface area contributed by atoms with Crippen LogP contribution in [0.5, 0.6) is 0 Å². The highest BCUT2D eigenvalue weighted by molar-refractivity contribution is 9.10. The molecule has 1 aromatic carbocycles. The molecule has 0 aliphatic rings. The number of furan rings is 1. The molecule has 0 atom stereocenters. The van der Waals surface area contributed by atoms with Gasteiger partial charge in [-0.1, -0.05) is 23.4 Å². The molecule has 0 aliphatic carbocycles. The lowest BCUT2D eigenvalue weighted by Crippen LogP contribution is -2.11. The van der Waals surface area contributed by atoms with Gasteiger partial charge in [0.1, 0.15) is 24.0 Å². The van der Waals surface area contributed by atoms with Crippen molar-refractivity contribution in [3.05, 3.63) is 51.2 Å². The Bertz CT molecular complexity index is 811. The van der Waals surface area contributed by atoms with Crippen LogP contribution in [-0.4, -0.2) is 26.3 Å². The number of nitrogens with zero attached hydrogens (tertiary/aromatic N) is 1. The monoisotopic (exact) mass is 441 g/mol. The molecule has 130 valence electrons. The second kappa shape index (κ2) is 9.68. The van der Waals surface area contributed by atoms with Crippen LogP contribution in [0.2, 0.25) is 5.02 Å². The van der Waals surface area contributed by atoms with E-state index in [0.29, 0.717) is 20.3 Å². The fourth-order valence-electron chi connectivity index (χ4n) is 1.69. The highest BCUT2D eigenvalue weighted by Crippen LogP contribution is 2.36. The smallest absolute Gasteiger partial charge is 0.349 e. The summed E-state index contributed by atoms with van der Waals surface area (Å²) >= 11 is 10.7. The van der Waals surface area contributed by atoms with E-state index in [1.807, 2.05) is 18.2 Å². The molecule has 0 N–H and O–H groups in total. The Hall–Kier alpha value is -1.72. The van der Waals surface area contributed by atoms with Gasteiger partial charge in [-0.25, -0.2) is 4.79 Å². The Morgan fingerprint density at radius 1 is 1.40 bits per heavy atom. The van der Waals surface area contributed by atoms with Crippen LogP contribution < -0.4 is 0 Å². The van der Waals surface area contributed by atoms with E-state index in [1.165, 1.54) is 24.9 Å². The first kappa shape index (κ1) is 19.6. The molecule has 0 amide bonds. The normalized spacial score (nSPS) is 11.2. The van der Waals surface area contributed by atoms with Crippen LogP contribution in [0.25, 0.3) is 6.08 Å². The summed E-state index contributed by atoms with van der Waals surface area (Å²) in [6, 6.07) is 10.8. The average molecular weight is 443 g/mol. The summed E-state index contributed by atoms with van der Waals surface area (Å²) in [6.45, 7) is 0.340. The Morgan fingerprint density at radius 3 is 2.76 bits per heavy atom. The first-order valence-corrected chi connectivity index (χ1v) is 9.03. The maximum absolute atomic E-state index is 11.8. The van der Waals surface area contributed by atoms with Crippen LogP contribution in [0.15, 0.2) is 54.8 Å². The van der Waals surface area contributed by atoms with E-state index in [4.69, 9.17) is 30.8 Å². The molecule has 25 heavy (non-hydrogen) atoms. The fraction of sp³-hybridized carbons (Fsp3) is 0.176. The van der Waals surface area contributed by atoms with Crippen molar-refractivity contribution in [2.24, 2.45) is 0 Å². The third-order valence-electron chi connectivity index (χ3n) is 2.85. The second-order valence-electron chi connectivity index (χ2n) is 4.64. The zero-order chi connectivity index (χ0) is 18.2. The van der Waals surface area contributed by atoms with Crippen LogP contribution >= 0.6 is 39.3 Å². The van der Waals surface area contributed by atoms with Gasteiger partial charge >= 0.3 is 5.97 Å². The minimum atomic E-state index is -0.723. The molecule has 0 fully saturated rings. The predicted octanol–water partition coefficient (Wildman–Crippen LogP) is 4.94. The molecule has 0 unspecified atom stereocenters. The van der Waals surface area contributed by atoms with E-state index in [2.05, 4.69) is 15.9 Å². The second-order valence-corrected chi connectivity index (χ2v) is 6.98. The first-order valence-electron chi connectivity index (χ1n) is 7.04. The van der Waals surface area contributed by atoms with Gasteiger partial charge in [-0.15, -0.1) is 0 Å². The minimum absolute atomic E-state index is 0.0773. The van der Waals surface area contributed by atoms with Gasteiger partial charge in [-0.3, -0.25) is 0 Å². The van der Waals surface area contributed by atoms with E-state index >= 15 is 0 Å². The molecular weight excluding hydrogens is 430 g/mol. The SMILES string of the molecule is COCCOC(=O)/C(C#N)=C/c1cc(Br)c(Sc2ccc(Cl)cc2)o1. The van der Waals surface area contributed by atoms with E-state index in [-0.39, 0.29) is 18.8 Å². The van der Waals surface area contributed by atoms with Crippen molar-refractivity contribution < 1.29 is 18.7 Å².